The lowest BCUT2D eigenvalue weighted by Crippen LogP contribution is -2.28. The Kier molecular flexibility index (Phi) is 2.09. The molecule has 0 saturated carbocycles. The van der Waals surface area contributed by atoms with Crippen molar-refractivity contribution >= 4 is 13.8 Å². The van der Waals surface area contributed by atoms with Crippen LogP contribution in [0, 0.1) is 0 Å². The van der Waals surface area contributed by atoms with Gasteiger partial charge in [0.2, 0.25) is 5.95 Å². The van der Waals surface area contributed by atoms with Crippen LogP contribution in [0.15, 0.2) is 0 Å². The Bertz CT molecular complexity index is 354. The second kappa shape index (κ2) is 3.04. The molecule has 0 spiro atoms. The van der Waals surface area contributed by atoms with E-state index in [0.717, 1.165) is 30.9 Å². The Labute approximate surface area is 86.3 Å². The second-order valence-corrected chi connectivity index (χ2v) is 4.31. The summed E-state index contributed by atoms with van der Waals surface area (Å²) in [6, 6.07) is 0. The summed E-state index contributed by atoms with van der Waals surface area (Å²) in [7, 11) is 10.2. The van der Waals surface area contributed by atoms with Gasteiger partial charge in [-0.05, 0) is 24.6 Å². The van der Waals surface area contributed by atoms with Crippen molar-refractivity contribution in [3.8, 4) is 0 Å². The number of imidazole rings is 1. The zero-order chi connectivity index (χ0) is 10.3. The molecule has 0 fully saturated rings. The minimum Gasteiger partial charge on any atom is -0.359 e. The third kappa shape index (κ3) is 1.24. The smallest absolute Gasteiger partial charge is 0.202 e. The molecule has 0 aliphatic heterocycles. The molecule has 1 aliphatic carbocycles. The van der Waals surface area contributed by atoms with Gasteiger partial charge in [-0.2, -0.15) is 0 Å². The number of fused-ring (bicyclic) bond motifs is 1. The van der Waals surface area contributed by atoms with E-state index < -0.39 is 0 Å². The molecular formula is C10H16BN3. The summed E-state index contributed by atoms with van der Waals surface area (Å²) in [6.45, 7) is 2.07. The highest BCUT2D eigenvalue weighted by atomic mass is 15.2. The van der Waals surface area contributed by atoms with Gasteiger partial charge >= 0.3 is 0 Å². The van der Waals surface area contributed by atoms with E-state index in [9.17, 15) is 0 Å². The van der Waals surface area contributed by atoms with Gasteiger partial charge in [0.15, 0.2) is 0 Å². The molecule has 3 nitrogen and oxygen atoms in total. The highest BCUT2D eigenvalue weighted by molar-refractivity contribution is 6.15. The van der Waals surface area contributed by atoms with Gasteiger partial charge in [0.25, 0.3) is 0 Å². The quantitative estimate of drug-likeness (QED) is 0.672. The maximum Gasteiger partial charge on any atom is 0.202 e. The SMILES string of the molecule is [B]C1(C)CCCc2c1nc(NC)n2C. The normalized spacial score (nSPS) is 25.9. The summed E-state index contributed by atoms with van der Waals surface area (Å²) in [5, 5.41) is 2.84. The molecule has 1 atom stereocenters. The first kappa shape index (κ1) is 9.62. The van der Waals surface area contributed by atoms with Gasteiger partial charge in [-0.3, -0.25) is 0 Å². The molecule has 14 heavy (non-hydrogen) atoms. The van der Waals surface area contributed by atoms with E-state index in [1.807, 2.05) is 14.1 Å². The lowest BCUT2D eigenvalue weighted by molar-refractivity contribution is 0.511. The third-order valence-corrected chi connectivity index (χ3v) is 3.09. The van der Waals surface area contributed by atoms with Crippen molar-refractivity contribution < 1.29 is 0 Å². The lowest BCUT2D eigenvalue weighted by atomic mass is 9.62. The summed E-state index contributed by atoms with van der Waals surface area (Å²) in [5.74, 6) is 0.911. The summed E-state index contributed by atoms with van der Waals surface area (Å²) >= 11 is 0. The molecule has 1 heterocycles. The zero-order valence-corrected chi connectivity index (χ0v) is 9.09. The van der Waals surface area contributed by atoms with E-state index in [4.69, 9.17) is 7.85 Å². The van der Waals surface area contributed by atoms with Crippen molar-refractivity contribution in [1.82, 2.24) is 9.55 Å². The van der Waals surface area contributed by atoms with Crippen LogP contribution >= 0.6 is 0 Å². The van der Waals surface area contributed by atoms with E-state index >= 15 is 0 Å². The molecular weight excluding hydrogens is 173 g/mol. The highest BCUT2D eigenvalue weighted by Crippen LogP contribution is 2.34. The molecule has 4 heteroatoms. The van der Waals surface area contributed by atoms with Crippen LogP contribution in [0.3, 0.4) is 0 Å². The van der Waals surface area contributed by atoms with Crippen LogP contribution in [-0.2, 0) is 18.8 Å². The van der Waals surface area contributed by atoms with E-state index in [1.54, 1.807) is 0 Å². The van der Waals surface area contributed by atoms with Gasteiger partial charge in [-0.15, -0.1) is 0 Å². The molecule has 1 unspecified atom stereocenters. The van der Waals surface area contributed by atoms with E-state index in [0.29, 0.717) is 0 Å². The van der Waals surface area contributed by atoms with E-state index in [-0.39, 0.29) is 5.31 Å². The number of anilines is 1. The van der Waals surface area contributed by atoms with Crippen molar-refractivity contribution in [2.24, 2.45) is 7.05 Å². The molecule has 2 rings (SSSR count). The van der Waals surface area contributed by atoms with Gasteiger partial charge < -0.3 is 9.88 Å². The number of hydrogen-bond acceptors (Lipinski definition) is 2. The van der Waals surface area contributed by atoms with Crippen LogP contribution in [0.5, 0.6) is 0 Å². The number of hydrogen-bond donors (Lipinski definition) is 1. The Balaban J connectivity index is 2.55. The first-order valence-electron chi connectivity index (χ1n) is 5.09. The van der Waals surface area contributed by atoms with Crippen LogP contribution in [0.2, 0.25) is 0 Å². The molecule has 0 aromatic carbocycles. The standard InChI is InChI=1S/C10H16BN3/c1-10(11)6-4-5-7-8(10)13-9(12-2)14(7)3/h4-6H2,1-3H3,(H,12,13). The Hall–Kier alpha value is -0.925. The van der Waals surface area contributed by atoms with E-state index in [2.05, 4.69) is 21.8 Å². The monoisotopic (exact) mass is 189 g/mol. The van der Waals surface area contributed by atoms with Crippen LogP contribution in [0.4, 0.5) is 5.95 Å². The summed E-state index contributed by atoms with van der Waals surface area (Å²) < 4.78 is 2.11. The minimum absolute atomic E-state index is 0.250. The van der Waals surface area contributed by atoms with E-state index in [1.165, 1.54) is 5.69 Å². The first-order chi connectivity index (χ1) is 6.56. The van der Waals surface area contributed by atoms with Crippen LogP contribution in [-0.4, -0.2) is 24.4 Å². The number of nitrogens with one attached hydrogen (secondary N) is 1. The molecule has 0 amide bonds. The second-order valence-electron chi connectivity index (χ2n) is 4.31. The minimum atomic E-state index is -0.250. The van der Waals surface area contributed by atoms with Gasteiger partial charge in [-0.1, -0.05) is 6.92 Å². The van der Waals surface area contributed by atoms with Crippen molar-refractivity contribution in [3.05, 3.63) is 11.4 Å². The van der Waals surface area contributed by atoms with Crippen LogP contribution in [0.1, 0.15) is 31.2 Å². The lowest BCUT2D eigenvalue weighted by Gasteiger charge is -2.29. The maximum atomic E-state index is 6.22. The molecule has 1 N–H and O–H groups in total. The molecule has 0 saturated heterocycles. The highest BCUT2D eigenvalue weighted by Gasteiger charge is 2.31. The first-order valence-corrected chi connectivity index (χ1v) is 5.09. The number of aromatic nitrogens is 2. The van der Waals surface area contributed by atoms with Crippen molar-refractivity contribution in [3.63, 3.8) is 0 Å². The molecule has 1 aromatic heterocycles. The topological polar surface area (TPSA) is 29.9 Å². The van der Waals surface area contributed by atoms with Gasteiger partial charge in [0.1, 0.15) is 0 Å². The van der Waals surface area contributed by atoms with Crippen molar-refractivity contribution in [2.75, 3.05) is 12.4 Å². The fourth-order valence-corrected chi connectivity index (χ4v) is 2.24. The number of rotatable bonds is 1. The summed E-state index contributed by atoms with van der Waals surface area (Å²) in [5.41, 5.74) is 2.35. The molecule has 1 aromatic rings. The molecule has 2 radical (unpaired) electrons. The Morgan fingerprint density at radius 1 is 1.57 bits per heavy atom. The summed E-state index contributed by atoms with van der Waals surface area (Å²) in [4.78, 5) is 4.55. The summed E-state index contributed by atoms with van der Waals surface area (Å²) in [6.07, 6.45) is 3.27. The average molecular weight is 189 g/mol. The largest absolute Gasteiger partial charge is 0.359 e. The van der Waals surface area contributed by atoms with Crippen LogP contribution in [0.25, 0.3) is 0 Å². The van der Waals surface area contributed by atoms with Crippen molar-refractivity contribution in [2.45, 2.75) is 31.5 Å². The maximum absolute atomic E-state index is 6.22. The predicted octanol–water partition coefficient (Wildman–Crippen LogP) is 1.18. The predicted molar refractivity (Wildman–Crippen MR) is 58.8 cm³/mol. The molecule has 1 aliphatic rings. The average Bonchev–Trinajstić information content (AvgIpc) is 2.45. The Morgan fingerprint density at radius 2 is 2.29 bits per heavy atom. The van der Waals surface area contributed by atoms with Crippen LogP contribution < -0.4 is 5.32 Å². The number of nitrogens with zero attached hydrogens (tertiary/aromatic N) is 2. The fourth-order valence-electron chi connectivity index (χ4n) is 2.24. The fraction of sp³-hybridized carbons (Fsp3) is 0.700. The molecule has 74 valence electrons. The Morgan fingerprint density at radius 3 is 2.86 bits per heavy atom. The van der Waals surface area contributed by atoms with Gasteiger partial charge in [0, 0.05) is 19.8 Å². The third-order valence-electron chi connectivity index (χ3n) is 3.09. The van der Waals surface area contributed by atoms with Gasteiger partial charge in [0.05, 0.1) is 13.5 Å². The molecule has 0 bridgehead atoms. The van der Waals surface area contributed by atoms with Crippen molar-refractivity contribution in [1.29, 1.82) is 0 Å². The zero-order valence-electron chi connectivity index (χ0n) is 9.09. The van der Waals surface area contributed by atoms with Gasteiger partial charge in [-0.25, -0.2) is 4.98 Å².